The Hall–Kier alpha value is -3.98. The highest BCUT2D eigenvalue weighted by atomic mass is 16.5. The van der Waals surface area contributed by atoms with E-state index in [4.69, 9.17) is 9.94 Å². The smallest absolute Gasteiger partial charge is 0.251 e. The van der Waals surface area contributed by atoms with Gasteiger partial charge in [-0.25, -0.2) is 5.48 Å². The number of rotatable bonds is 9. The van der Waals surface area contributed by atoms with Gasteiger partial charge < -0.3 is 15.0 Å². The molecule has 0 aliphatic carbocycles. The topological polar surface area (TPSA) is 121 Å². The van der Waals surface area contributed by atoms with Gasteiger partial charge in [0.2, 0.25) is 11.8 Å². The first kappa shape index (κ1) is 27.1. The van der Waals surface area contributed by atoms with Gasteiger partial charge in [0.05, 0.1) is 11.6 Å². The van der Waals surface area contributed by atoms with Gasteiger partial charge in [-0.1, -0.05) is 32.0 Å². The minimum absolute atomic E-state index is 0.00282. The number of hydrogen-bond acceptors (Lipinski definition) is 6. The van der Waals surface area contributed by atoms with Crippen LogP contribution in [0.15, 0.2) is 54.6 Å². The maximum atomic E-state index is 13.0. The van der Waals surface area contributed by atoms with Gasteiger partial charge in [-0.05, 0) is 49.2 Å². The van der Waals surface area contributed by atoms with Crippen molar-refractivity contribution in [3.63, 3.8) is 0 Å². The molecule has 3 N–H and O–H groups in total. The molecule has 1 aromatic heterocycles. The summed E-state index contributed by atoms with van der Waals surface area (Å²) in [5, 5.41) is 13.0. The molecule has 1 saturated heterocycles. The fraction of sp³-hybridized carbons (Fsp3) is 0.379. The largest absolute Gasteiger partial charge is 0.489 e. The van der Waals surface area contributed by atoms with Gasteiger partial charge in [0.15, 0.2) is 0 Å². The SMILES string of the molecule is Cc1cc(COc2ccc(C(=O)N[C@@H]3CN(C(=O)CC(C)C)C[C@@H]3CC(=O)NO)cc2)c2ccccc2n1. The highest BCUT2D eigenvalue weighted by Gasteiger charge is 2.37. The molecule has 2 aromatic carbocycles. The fourth-order valence-electron chi connectivity index (χ4n) is 4.84. The number of pyridine rings is 1. The number of likely N-dealkylation sites (tertiary alicyclic amines) is 1. The molecule has 38 heavy (non-hydrogen) atoms. The van der Waals surface area contributed by atoms with Gasteiger partial charge in [-0.15, -0.1) is 0 Å². The van der Waals surface area contributed by atoms with Gasteiger partial charge in [-0.2, -0.15) is 0 Å². The zero-order valence-corrected chi connectivity index (χ0v) is 21.9. The van der Waals surface area contributed by atoms with Crippen LogP contribution in [0.25, 0.3) is 10.9 Å². The number of carbonyl (C=O) groups is 3. The quantitative estimate of drug-likeness (QED) is 0.294. The predicted molar refractivity (Wildman–Crippen MR) is 143 cm³/mol. The van der Waals surface area contributed by atoms with E-state index >= 15 is 0 Å². The summed E-state index contributed by atoms with van der Waals surface area (Å²) in [6, 6.07) is 16.4. The second-order valence-corrected chi connectivity index (χ2v) is 10.2. The zero-order chi connectivity index (χ0) is 27.2. The van der Waals surface area contributed by atoms with Crippen LogP contribution < -0.4 is 15.5 Å². The van der Waals surface area contributed by atoms with E-state index in [0.29, 0.717) is 37.4 Å². The van der Waals surface area contributed by atoms with Crippen molar-refractivity contribution < 1.29 is 24.3 Å². The van der Waals surface area contributed by atoms with Crippen LogP contribution in [0.5, 0.6) is 5.75 Å². The molecule has 200 valence electrons. The van der Waals surface area contributed by atoms with Gasteiger partial charge in [0.25, 0.3) is 5.91 Å². The van der Waals surface area contributed by atoms with Crippen molar-refractivity contribution in [2.75, 3.05) is 13.1 Å². The van der Waals surface area contributed by atoms with Crippen LogP contribution in [0.3, 0.4) is 0 Å². The number of benzene rings is 2. The molecule has 1 aliphatic rings. The summed E-state index contributed by atoms with van der Waals surface area (Å²) in [6.45, 7) is 6.93. The number of hydroxylamine groups is 1. The second kappa shape index (κ2) is 12.0. The molecule has 0 unspecified atom stereocenters. The first-order valence-corrected chi connectivity index (χ1v) is 12.8. The Labute approximate surface area is 222 Å². The molecule has 0 spiro atoms. The zero-order valence-electron chi connectivity index (χ0n) is 21.9. The average molecular weight is 519 g/mol. The Morgan fingerprint density at radius 2 is 1.84 bits per heavy atom. The Balaban J connectivity index is 1.39. The highest BCUT2D eigenvalue weighted by Crippen LogP contribution is 2.24. The summed E-state index contributed by atoms with van der Waals surface area (Å²) in [6.07, 6.45) is 0.402. The van der Waals surface area contributed by atoms with Gasteiger partial charge in [0.1, 0.15) is 12.4 Å². The molecule has 0 saturated carbocycles. The summed E-state index contributed by atoms with van der Waals surface area (Å²) in [5.41, 5.74) is 4.96. The summed E-state index contributed by atoms with van der Waals surface area (Å²) in [7, 11) is 0. The van der Waals surface area contributed by atoms with E-state index in [0.717, 1.165) is 22.2 Å². The number of carbonyl (C=O) groups excluding carboxylic acids is 3. The third-order valence-corrected chi connectivity index (χ3v) is 6.71. The van der Waals surface area contributed by atoms with Crippen LogP contribution in [0.4, 0.5) is 0 Å². The van der Waals surface area contributed by atoms with Crippen LogP contribution in [-0.4, -0.2) is 51.9 Å². The first-order valence-electron chi connectivity index (χ1n) is 12.8. The van der Waals surface area contributed by atoms with Crippen LogP contribution >= 0.6 is 0 Å². The molecule has 1 fully saturated rings. The molecule has 0 bridgehead atoms. The van der Waals surface area contributed by atoms with Crippen LogP contribution in [0, 0.1) is 18.8 Å². The molecule has 3 amide bonds. The van der Waals surface area contributed by atoms with Crippen molar-refractivity contribution in [2.24, 2.45) is 11.8 Å². The maximum Gasteiger partial charge on any atom is 0.251 e. The molecule has 3 aromatic rings. The van der Waals surface area contributed by atoms with E-state index in [1.807, 2.05) is 51.1 Å². The lowest BCUT2D eigenvalue weighted by molar-refractivity contribution is -0.132. The van der Waals surface area contributed by atoms with E-state index in [-0.39, 0.29) is 30.1 Å². The summed E-state index contributed by atoms with van der Waals surface area (Å²) >= 11 is 0. The lowest BCUT2D eigenvalue weighted by atomic mass is 9.99. The number of aryl methyl sites for hydroxylation is 1. The number of fused-ring (bicyclic) bond motifs is 1. The average Bonchev–Trinajstić information content (AvgIpc) is 3.29. The third kappa shape index (κ3) is 6.66. The molecular formula is C29H34N4O5. The van der Waals surface area contributed by atoms with Gasteiger partial charge in [0, 0.05) is 54.1 Å². The van der Waals surface area contributed by atoms with Crippen molar-refractivity contribution >= 4 is 28.6 Å². The minimum atomic E-state index is -0.550. The van der Waals surface area contributed by atoms with E-state index in [1.165, 1.54) is 0 Å². The number of nitrogens with one attached hydrogen (secondary N) is 2. The number of aromatic nitrogens is 1. The molecule has 0 radical (unpaired) electrons. The lowest BCUT2D eigenvalue weighted by Gasteiger charge is -2.19. The molecule has 9 heteroatoms. The molecule has 2 heterocycles. The molecule has 4 rings (SSSR count). The van der Waals surface area contributed by atoms with Crippen molar-refractivity contribution in [3.05, 3.63) is 71.4 Å². The Bertz CT molecular complexity index is 1310. The Kier molecular flexibility index (Phi) is 8.58. The Morgan fingerprint density at radius 3 is 2.55 bits per heavy atom. The standard InChI is InChI=1S/C29H34N4O5/c1-18(2)12-28(35)33-15-21(14-27(34)32-37)26(16-33)31-29(36)20-8-10-23(11-9-20)38-17-22-13-19(3)30-25-7-5-4-6-24(22)25/h4-11,13,18,21,26,37H,12,14-17H2,1-3H3,(H,31,36)(H,32,34)/t21-,26+/m0/s1. The van der Waals surface area contributed by atoms with Crippen LogP contribution in [0.2, 0.25) is 0 Å². The van der Waals surface area contributed by atoms with Crippen LogP contribution in [0.1, 0.15) is 48.3 Å². The molecule has 1 aliphatic heterocycles. The lowest BCUT2D eigenvalue weighted by Crippen LogP contribution is -2.42. The maximum absolute atomic E-state index is 13.0. The minimum Gasteiger partial charge on any atom is -0.489 e. The molecule has 2 atom stereocenters. The van der Waals surface area contributed by atoms with Crippen molar-refractivity contribution in [1.29, 1.82) is 0 Å². The van der Waals surface area contributed by atoms with Crippen molar-refractivity contribution in [3.8, 4) is 5.75 Å². The summed E-state index contributed by atoms with van der Waals surface area (Å²) in [4.78, 5) is 43.7. The second-order valence-electron chi connectivity index (χ2n) is 10.2. The summed E-state index contributed by atoms with van der Waals surface area (Å²) < 4.78 is 6.00. The third-order valence-electron chi connectivity index (χ3n) is 6.71. The Morgan fingerprint density at radius 1 is 1.11 bits per heavy atom. The molecular weight excluding hydrogens is 484 g/mol. The van der Waals surface area contributed by atoms with Crippen molar-refractivity contribution in [2.45, 2.75) is 46.3 Å². The van der Waals surface area contributed by atoms with Gasteiger partial charge in [-0.3, -0.25) is 24.6 Å². The predicted octanol–water partition coefficient (Wildman–Crippen LogP) is 3.62. The van der Waals surface area contributed by atoms with E-state index in [9.17, 15) is 14.4 Å². The number of amides is 3. The van der Waals surface area contributed by atoms with E-state index in [1.54, 1.807) is 34.6 Å². The molecule has 9 nitrogen and oxygen atoms in total. The number of para-hydroxylation sites is 1. The van der Waals surface area contributed by atoms with E-state index < -0.39 is 11.9 Å². The number of nitrogens with zero attached hydrogens (tertiary/aromatic N) is 2. The monoisotopic (exact) mass is 518 g/mol. The van der Waals surface area contributed by atoms with E-state index in [2.05, 4.69) is 10.3 Å². The highest BCUT2D eigenvalue weighted by molar-refractivity contribution is 5.94. The van der Waals surface area contributed by atoms with Gasteiger partial charge >= 0.3 is 0 Å². The number of ether oxygens (including phenoxy) is 1. The first-order chi connectivity index (χ1) is 18.2. The van der Waals surface area contributed by atoms with Crippen LogP contribution in [-0.2, 0) is 16.2 Å². The summed E-state index contributed by atoms with van der Waals surface area (Å²) in [5.74, 6) is -0.328. The number of hydrogen-bond donors (Lipinski definition) is 3. The normalized spacial score (nSPS) is 17.0. The van der Waals surface area contributed by atoms with Crippen molar-refractivity contribution in [1.82, 2.24) is 20.7 Å². The fourth-order valence-corrected chi connectivity index (χ4v) is 4.84.